The van der Waals surface area contributed by atoms with Crippen molar-refractivity contribution in [2.24, 2.45) is 0 Å². The van der Waals surface area contributed by atoms with Crippen molar-refractivity contribution in [1.29, 1.82) is 0 Å². The third-order valence-corrected chi connectivity index (χ3v) is 5.08. The number of anilines is 1. The molecule has 3 rings (SSSR count). The van der Waals surface area contributed by atoms with Gasteiger partial charge in [0.2, 0.25) is 0 Å². The maximum absolute atomic E-state index is 12.6. The van der Waals surface area contributed by atoms with E-state index in [1.54, 1.807) is 6.20 Å². The molecule has 7 nitrogen and oxygen atoms in total. The Morgan fingerprint density at radius 2 is 1.79 bits per heavy atom. The molecule has 1 N–H and O–H groups in total. The van der Waals surface area contributed by atoms with Crippen LogP contribution in [0.2, 0.25) is 5.02 Å². The summed E-state index contributed by atoms with van der Waals surface area (Å²) >= 11 is 6.37. The van der Waals surface area contributed by atoms with Gasteiger partial charge in [0.15, 0.2) is 0 Å². The number of hydrogen-bond donors (Lipinski definition) is 1. The zero-order valence-electron chi connectivity index (χ0n) is 15.5. The molecule has 0 radical (unpaired) electrons. The standard InChI is InChI=1S/C19H23ClN4O3.ClH/c20-18-16(14-21-24(19(18)27)15-6-2-1-3-7-15)23-12-10-22(11-13-23)9-5-4-8-17(25)26;/h1-3,6-7,14H,4-5,8-13H2,(H,25,26);1H. The summed E-state index contributed by atoms with van der Waals surface area (Å²) in [6.07, 6.45) is 3.45. The molecule has 0 bridgehead atoms. The number of nitrogens with zero attached hydrogens (tertiary/aromatic N) is 4. The van der Waals surface area contributed by atoms with Gasteiger partial charge >= 0.3 is 5.97 Å². The van der Waals surface area contributed by atoms with Crippen molar-refractivity contribution in [2.45, 2.75) is 19.3 Å². The van der Waals surface area contributed by atoms with Crippen LogP contribution in [-0.4, -0.2) is 58.5 Å². The van der Waals surface area contributed by atoms with Crippen molar-refractivity contribution in [1.82, 2.24) is 14.7 Å². The Balaban J connectivity index is 0.00000280. The number of carboxylic acids is 1. The number of rotatable bonds is 7. The molecule has 0 atom stereocenters. The van der Waals surface area contributed by atoms with E-state index in [-0.39, 0.29) is 29.4 Å². The van der Waals surface area contributed by atoms with Gasteiger partial charge in [0.1, 0.15) is 5.02 Å². The summed E-state index contributed by atoms with van der Waals surface area (Å²) in [4.78, 5) is 27.6. The minimum absolute atomic E-state index is 0. The third kappa shape index (κ3) is 5.47. The van der Waals surface area contributed by atoms with E-state index in [1.807, 2.05) is 30.3 Å². The number of halogens is 2. The van der Waals surface area contributed by atoms with Gasteiger partial charge in [-0.15, -0.1) is 12.4 Å². The Hall–Kier alpha value is -2.09. The highest BCUT2D eigenvalue weighted by atomic mass is 35.5. The first-order chi connectivity index (χ1) is 13.1. The number of unbranched alkanes of at least 4 members (excludes halogenated alkanes) is 1. The maximum Gasteiger partial charge on any atom is 0.303 e. The topological polar surface area (TPSA) is 78.7 Å². The summed E-state index contributed by atoms with van der Waals surface area (Å²) in [5.41, 5.74) is 1.03. The molecule has 1 aromatic carbocycles. The van der Waals surface area contributed by atoms with Crippen molar-refractivity contribution in [2.75, 3.05) is 37.6 Å². The van der Waals surface area contributed by atoms with E-state index in [0.29, 0.717) is 17.8 Å². The fraction of sp³-hybridized carbons (Fsp3) is 0.421. The molecule has 2 aromatic rings. The molecule has 0 aliphatic carbocycles. The molecule has 1 aliphatic heterocycles. The number of aliphatic carboxylic acids is 1. The van der Waals surface area contributed by atoms with Gasteiger partial charge in [-0.25, -0.2) is 0 Å². The van der Waals surface area contributed by atoms with Crippen LogP contribution < -0.4 is 10.5 Å². The average molecular weight is 427 g/mol. The van der Waals surface area contributed by atoms with E-state index < -0.39 is 5.97 Å². The second kappa shape index (κ2) is 10.5. The summed E-state index contributed by atoms with van der Waals surface area (Å²) in [7, 11) is 0. The Bertz CT molecular complexity index is 837. The van der Waals surface area contributed by atoms with Gasteiger partial charge in [0.05, 0.1) is 17.6 Å². The molecule has 1 aliphatic rings. The molecule has 2 heterocycles. The lowest BCUT2D eigenvalue weighted by molar-refractivity contribution is -0.137. The van der Waals surface area contributed by atoms with Gasteiger partial charge in [-0.1, -0.05) is 29.8 Å². The van der Waals surface area contributed by atoms with Crippen LogP contribution in [0.15, 0.2) is 41.3 Å². The Morgan fingerprint density at radius 1 is 1.11 bits per heavy atom. The number of aromatic nitrogens is 2. The third-order valence-electron chi connectivity index (χ3n) is 4.73. The van der Waals surface area contributed by atoms with Crippen LogP contribution in [0.5, 0.6) is 0 Å². The van der Waals surface area contributed by atoms with Crippen molar-refractivity contribution < 1.29 is 9.90 Å². The first-order valence-electron chi connectivity index (χ1n) is 9.08. The van der Waals surface area contributed by atoms with Crippen molar-refractivity contribution >= 4 is 35.7 Å². The Kier molecular flexibility index (Phi) is 8.29. The van der Waals surface area contributed by atoms with Crippen LogP contribution in [0.25, 0.3) is 5.69 Å². The highest BCUT2D eigenvalue weighted by Gasteiger charge is 2.21. The van der Waals surface area contributed by atoms with Crippen molar-refractivity contribution in [3.8, 4) is 5.69 Å². The number of para-hydroxylation sites is 1. The van der Waals surface area contributed by atoms with Gasteiger partial charge in [-0.05, 0) is 31.5 Å². The summed E-state index contributed by atoms with van der Waals surface area (Å²) in [5.74, 6) is -0.743. The predicted octanol–water partition coefficient (Wildman–Crippen LogP) is 2.68. The van der Waals surface area contributed by atoms with Crippen LogP contribution in [0.4, 0.5) is 5.69 Å². The van der Waals surface area contributed by atoms with E-state index in [2.05, 4.69) is 14.9 Å². The smallest absolute Gasteiger partial charge is 0.303 e. The Morgan fingerprint density at radius 3 is 2.43 bits per heavy atom. The lowest BCUT2D eigenvalue weighted by Crippen LogP contribution is -2.47. The Labute approximate surface area is 174 Å². The summed E-state index contributed by atoms with van der Waals surface area (Å²) < 4.78 is 1.31. The second-order valence-corrected chi connectivity index (χ2v) is 6.95. The molecular weight excluding hydrogens is 403 g/mol. The second-order valence-electron chi connectivity index (χ2n) is 6.58. The molecule has 0 spiro atoms. The van der Waals surface area contributed by atoms with Crippen LogP contribution in [0.1, 0.15) is 19.3 Å². The molecule has 1 aromatic heterocycles. The molecule has 28 heavy (non-hydrogen) atoms. The monoisotopic (exact) mass is 426 g/mol. The van der Waals surface area contributed by atoms with Gasteiger partial charge < -0.3 is 10.0 Å². The maximum atomic E-state index is 12.6. The lowest BCUT2D eigenvalue weighted by Gasteiger charge is -2.36. The van der Waals surface area contributed by atoms with Crippen molar-refractivity contribution in [3.05, 3.63) is 51.9 Å². The predicted molar refractivity (Wildman–Crippen MR) is 112 cm³/mol. The van der Waals surface area contributed by atoms with Gasteiger partial charge in [0.25, 0.3) is 5.56 Å². The fourth-order valence-electron chi connectivity index (χ4n) is 3.22. The quantitative estimate of drug-likeness (QED) is 0.685. The average Bonchev–Trinajstić information content (AvgIpc) is 2.68. The molecule has 152 valence electrons. The highest BCUT2D eigenvalue weighted by Crippen LogP contribution is 2.23. The van der Waals surface area contributed by atoms with E-state index in [0.717, 1.165) is 39.1 Å². The van der Waals surface area contributed by atoms with Gasteiger partial charge in [-0.2, -0.15) is 9.78 Å². The number of carbonyl (C=O) groups is 1. The normalized spacial score (nSPS) is 14.5. The first-order valence-corrected chi connectivity index (χ1v) is 9.46. The number of piperazine rings is 1. The minimum atomic E-state index is -0.743. The summed E-state index contributed by atoms with van der Waals surface area (Å²) in [6.45, 7) is 4.11. The van der Waals surface area contributed by atoms with Crippen LogP contribution >= 0.6 is 24.0 Å². The van der Waals surface area contributed by atoms with Crippen LogP contribution in [0, 0.1) is 0 Å². The lowest BCUT2D eigenvalue weighted by atomic mass is 10.2. The van der Waals surface area contributed by atoms with Crippen LogP contribution in [-0.2, 0) is 4.79 Å². The molecule has 1 fully saturated rings. The van der Waals surface area contributed by atoms with Crippen molar-refractivity contribution in [3.63, 3.8) is 0 Å². The number of hydrogen-bond acceptors (Lipinski definition) is 5. The zero-order valence-corrected chi connectivity index (χ0v) is 17.0. The summed E-state index contributed by atoms with van der Waals surface area (Å²) in [6, 6.07) is 9.20. The minimum Gasteiger partial charge on any atom is -0.481 e. The largest absolute Gasteiger partial charge is 0.481 e. The molecule has 1 saturated heterocycles. The molecule has 0 amide bonds. The highest BCUT2D eigenvalue weighted by molar-refractivity contribution is 6.33. The first kappa shape index (κ1) is 22.2. The SMILES string of the molecule is Cl.O=C(O)CCCCN1CCN(c2cnn(-c3ccccc3)c(=O)c2Cl)CC1. The van der Waals surface area contributed by atoms with E-state index in [1.165, 1.54) is 4.68 Å². The summed E-state index contributed by atoms with van der Waals surface area (Å²) in [5, 5.41) is 13.2. The number of carboxylic acid groups (broad SMARTS) is 1. The van der Waals surface area contributed by atoms with E-state index >= 15 is 0 Å². The van der Waals surface area contributed by atoms with E-state index in [4.69, 9.17) is 16.7 Å². The molecule has 0 saturated carbocycles. The van der Waals surface area contributed by atoms with Gasteiger partial charge in [-0.3, -0.25) is 14.5 Å². The zero-order chi connectivity index (χ0) is 19.2. The molecule has 0 unspecified atom stereocenters. The van der Waals surface area contributed by atoms with Gasteiger partial charge in [0, 0.05) is 32.6 Å². The molecular formula is C19H24Cl2N4O3. The molecule has 9 heteroatoms. The fourth-order valence-corrected chi connectivity index (χ4v) is 3.47. The number of benzene rings is 1. The van der Waals surface area contributed by atoms with E-state index in [9.17, 15) is 9.59 Å². The van der Waals surface area contributed by atoms with Crippen LogP contribution in [0.3, 0.4) is 0 Å².